The summed E-state index contributed by atoms with van der Waals surface area (Å²) in [5.41, 5.74) is 2.81. The van der Waals surface area contributed by atoms with Gasteiger partial charge in [-0.3, -0.25) is 0 Å². The zero-order valence-corrected chi connectivity index (χ0v) is 15.0. The van der Waals surface area contributed by atoms with Gasteiger partial charge in [-0.05, 0) is 48.5 Å². The number of hydrogen-bond acceptors (Lipinski definition) is 6. The van der Waals surface area contributed by atoms with Crippen molar-refractivity contribution in [1.82, 2.24) is 4.98 Å². The number of esters is 1. The Kier molecular flexibility index (Phi) is 4.63. The Morgan fingerprint density at radius 3 is 2.30 bits per heavy atom. The largest absolute Gasteiger partial charge is 0.423 e. The van der Waals surface area contributed by atoms with Crippen LogP contribution in [0.5, 0.6) is 5.75 Å². The number of carbonyl (C=O) groups is 1. The fourth-order valence-corrected chi connectivity index (χ4v) is 3.63. The molecule has 0 saturated heterocycles. The first-order valence-corrected chi connectivity index (χ1v) is 9.08. The van der Waals surface area contributed by atoms with Crippen LogP contribution in [0.4, 0.5) is 0 Å². The Labute approximate surface area is 159 Å². The summed E-state index contributed by atoms with van der Waals surface area (Å²) in [6.45, 7) is 0. The molecule has 27 heavy (non-hydrogen) atoms. The van der Waals surface area contributed by atoms with E-state index in [2.05, 4.69) is 10.1 Å². The van der Waals surface area contributed by atoms with Gasteiger partial charge in [0.2, 0.25) is 0 Å². The number of hydrazone groups is 1. The van der Waals surface area contributed by atoms with Gasteiger partial charge < -0.3 is 10.6 Å². The van der Waals surface area contributed by atoms with E-state index in [-0.39, 0.29) is 0 Å². The van der Waals surface area contributed by atoms with Gasteiger partial charge in [0.1, 0.15) is 16.5 Å². The van der Waals surface area contributed by atoms with Crippen LogP contribution in [0, 0.1) is 0 Å². The second-order valence-electron chi connectivity index (χ2n) is 5.74. The first-order chi connectivity index (χ1) is 13.2. The van der Waals surface area contributed by atoms with Crippen LogP contribution in [0.25, 0.3) is 10.2 Å². The monoisotopic (exact) mass is 373 g/mol. The van der Waals surface area contributed by atoms with E-state index in [1.807, 2.05) is 42.5 Å². The lowest BCUT2D eigenvalue weighted by atomic mass is 10.1. The van der Waals surface area contributed by atoms with Crippen molar-refractivity contribution in [3.05, 3.63) is 95.0 Å². The molecule has 0 saturated carbocycles. The van der Waals surface area contributed by atoms with Crippen LogP contribution in [-0.2, 0) is 0 Å². The van der Waals surface area contributed by atoms with Gasteiger partial charge in [-0.1, -0.05) is 30.3 Å². The standard InChI is InChI=1S/C21H15N3O2S/c22-24-19(20-23-17-8-4-5-9-18(17)27-20)14-10-12-16(13-11-14)26-21(25)15-6-2-1-3-7-15/h1-13H,22H2/b24-19+. The Morgan fingerprint density at radius 2 is 1.59 bits per heavy atom. The fourth-order valence-electron chi connectivity index (χ4n) is 2.65. The zero-order valence-electron chi connectivity index (χ0n) is 14.2. The molecule has 0 aliphatic rings. The highest BCUT2D eigenvalue weighted by atomic mass is 32.1. The summed E-state index contributed by atoms with van der Waals surface area (Å²) in [6, 6.07) is 23.8. The van der Waals surface area contributed by atoms with Crippen molar-refractivity contribution in [2.45, 2.75) is 0 Å². The minimum Gasteiger partial charge on any atom is -0.423 e. The van der Waals surface area contributed by atoms with Crippen LogP contribution < -0.4 is 10.6 Å². The number of nitrogens with zero attached hydrogens (tertiary/aromatic N) is 2. The van der Waals surface area contributed by atoms with E-state index < -0.39 is 5.97 Å². The number of aromatic nitrogens is 1. The smallest absolute Gasteiger partial charge is 0.343 e. The van der Waals surface area contributed by atoms with Gasteiger partial charge in [-0.2, -0.15) is 5.10 Å². The normalized spacial score (nSPS) is 11.5. The average Bonchev–Trinajstić information content (AvgIpc) is 3.14. The second-order valence-corrected chi connectivity index (χ2v) is 6.78. The van der Waals surface area contributed by atoms with E-state index in [1.165, 1.54) is 11.3 Å². The summed E-state index contributed by atoms with van der Waals surface area (Å²) in [7, 11) is 0. The van der Waals surface area contributed by atoms with E-state index in [1.54, 1.807) is 36.4 Å². The van der Waals surface area contributed by atoms with E-state index in [0.717, 1.165) is 20.8 Å². The van der Waals surface area contributed by atoms with Crippen LogP contribution in [0.15, 0.2) is 84.0 Å². The fraction of sp³-hybridized carbons (Fsp3) is 0. The molecule has 0 aliphatic heterocycles. The van der Waals surface area contributed by atoms with Crippen molar-refractivity contribution in [2.24, 2.45) is 10.9 Å². The van der Waals surface area contributed by atoms with Crippen molar-refractivity contribution in [2.75, 3.05) is 0 Å². The number of rotatable bonds is 4. The van der Waals surface area contributed by atoms with Crippen molar-refractivity contribution in [3.8, 4) is 5.75 Å². The summed E-state index contributed by atoms with van der Waals surface area (Å²) in [5, 5.41) is 4.66. The van der Waals surface area contributed by atoms with Crippen LogP contribution in [0.3, 0.4) is 0 Å². The molecule has 0 unspecified atom stereocenters. The highest BCUT2D eigenvalue weighted by Gasteiger charge is 2.14. The van der Waals surface area contributed by atoms with Crippen molar-refractivity contribution < 1.29 is 9.53 Å². The number of fused-ring (bicyclic) bond motifs is 1. The van der Waals surface area contributed by atoms with Gasteiger partial charge in [0.25, 0.3) is 0 Å². The maximum atomic E-state index is 12.1. The van der Waals surface area contributed by atoms with Crippen LogP contribution >= 0.6 is 11.3 Å². The first kappa shape index (κ1) is 16.9. The molecule has 1 aromatic heterocycles. The first-order valence-electron chi connectivity index (χ1n) is 8.26. The Balaban J connectivity index is 1.56. The third-order valence-electron chi connectivity index (χ3n) is 3.97. The molecule has 3 aromatic carbocycles. The molecule has 0 spiro atoms. The van der Waals surface area contributed by atoms with Crippen molar-refractivity contribution in [3.63, 3.8) is 0 Å². The lowest BCUT2D eigenvalue weighted by Gasteiger charge is -2.06. The van der Waals surface area contributed by atoms with Crippen LogP contribution in [-0.4, -0.2) is 16.7 Å². The zero-order chi connectivity index (χ0) is 18.6. The highest BCUT2D eigenvalue weighted by Crippen LogP contribution is 2.25. The molecule has 0 amide bonds. The van der Waals surface area contributed by atoms with Gasteiger partial charge in [0.15, 0.2) is 0 Å². The van der Waals surface area contributed by atoms with Gasteiger partial charge in [0.05, 0.1) is 15.8 Å². The molecule has 4 aromatic rings. The number of hydrogen-bond donors (Lipinski definition) is 1. The quantitative estimate of drug-likeness (QED) is 0.191. The molecule has 6 heteroatoms. The highest BCUT2D eigenvalue weighted by molar-refractivity contribution is 7.20. The molecular formula is C21H15N3O2S. The molecular weight excluding hydrogens is 358 g/mol. The van der Waals surface area contributed by atoms with E-state index in [0.29, 0.717) is 17.0 Å². The predicted molar refractivity (Wildman–Crippen MR) is 107 cm³/mol. The van der Waals surface area contributed by atoms with Gasteiger partial charge >= 0.3 is 5.97 Å². The van der Waals surface area contributed by atoms with E-state index in [4.69, 9.17) is 10.6 Å². The molecule has 0 bridgehead atoms. The Bertz CT molecular complexity index is 1090. The molecule has 1 heterocycles. The third-order valence-corrected chi connectivity index (χ3v) is 5.02. The molecule has 4 rings (SSSR count). The van der Waals surface area contributed by atoms with Crippen molar-refractivity contribution in [1.29, 1.82) is 0 Å². The summed E-state index contributed by atoms with van der Waals surface area (Å²) < 4.78 is 6.47. The molecule has 2 N–H and O–H groups in total. The average molecular weight is 373 g/mol. The third kappa shape index (κ3) is 3.56. The lowest BCUT2D eigenvalue weighted by molar-refractivity contribution is 0.0735. The molecule has 0 aliphatic carbocycles. The maximum absolute atomic E-state index is 12.1. The second kappa shape index (κ2) is 7.39. The van der Waals surface area contributed by atoms with Crippen molar-refractivity contribution >= 4 is 33.2 Å². The summed E-state index contributed by atoms with van der Waals surface area (Å²) in [4.78, 5) is 16.7. The van der Waals surface area contributed by atoms with Gasteiger partial charge in [0, 0.05) is 5.56 Å². The summed E-state index contributed by atoms with van der Waals surface area (Å²) in [5.74, 6) is 5.67. The number of ether oxygens (including phenoxy) is 1. The van der Waals surface area contributed by atoms with Gasteiger partial charge in [-0.15, -0.1) is 11.3 Å². The SMILES string of the molecule is N/N=C(\c1ccc(OC(=O)c2ccccc2)cc1)c1nc2ccccc2s1. The van der Waals surface area contributed by atoms with E-state index >= 15 is 0 Å². The number of para-hydroxylation sites is 1. The summed E-state index contributed by atoms with van der Waals surface area (Å²) in [6.07, 6.45) is 0. The van der Waals surface area contributed by atoms with Gasteiger partial charge in [-0.25, -0.2) is 9.78 Å². The lowest BCUT2D eigenvalue weighted by Crippen LogP contribution is -2.09. The van der Waals surface area contributed by atoms with Crippen LogP contribution in [0.1, 0.15) is 20.9 Å². The molecule has 0 atom stereocenters. The Morgan fingerprint density at radius 1 is 0.889 bits per heavy atom. The molecule has 0 fully saturated rings. The predicted octanol–water partition coefficient (Wildman–Crippen LogP) is 4.23. The van der Waals surface area contributed by atoms with E-state index in [9.17, 15) is 4.79 Å². The molecule has 132 valence electrons. The maximum Gasteiger partial charge on any atom is 0.343 e. The minimum atomic E-state index is -0.401. The summed E-state index contributed by atoms with van der Waals surface area (Å²) >= 11 is 1.53. The topological polar surface area (TPSA) is 77.6 Å². The molecule has 5 nitrogen and oxygen atoms in total. The number of carbonyl (C=O) groups excluding carboxylic acids is 1. The molecule has 0 radical (unpaired) electrons. The number of thiazole rings is 1. The number of nitrogens with two attached hydrogens (primary N) is 1. The Hall–Kier alpha value is -3.51. The minimum absolute atomic E-state index is 0.401. The van der Waals surface area contributed by atoms with Crippen LogP contribution in [0.2, 0.25) is 0 Å². The number of benzene rings is 3.